The van der Waals surface area contributed by atoms with Gasteiger partial charge in [-0.1, -0.05) is 34.1 Å². The quantitative estimate of drug-likeness (QED) is 0.705. The molecule has 0 saturated carbocycles. The fourth-order valence-electron chi connectivity index (χ4n) is 2.53. The zero-order chi connectivity index (χ0) is 16.7. The molecule has 0 unspecified atom stereocenters. The first kappa shape index (κ1) is 20.1. The highest BCUT2D eigenvalue weighted by molar-refractivity contribution is 5.82. The molecule has 21 heavy (non-hydrogen) atoms. The van der Waals surface area contributed by atoms with E-state index in [0.717, 1.165) is 6.42 Å². The number of Topliss-reactive ketones (excluding diaryl/α,β-unsaturated/α-hetero) is 1. The standard InChI is InChI=1S/C16H32N2O3/c1-8-11(4)15(13(21-7)9-12(5)19)18(6)16(20)14(17)10(2)3/h10-11,13-15H,8-9,17H2,1-7H3/t11-,13+,14-,15-/m0/s1. The van der Waals surface area contributed by atoms with Gasteiger partial charge in [-0.15, -0.1) is 0 Å². The number of nitrogens with two attached hydrogens (primary N) is 1. The molecule has 0 aliphatic carbocycles. The number of hydrogen-bond acceptors (Lipinski definition) is 4. The van der Waals surface area contributed by atoms with Crippen LogP contribution in [0.5, 0.6) is 0 Å². The number of likely N-dealkylation sites (N-methyl/N-ethyl adjacent to an activating group) is 1. The third-order valence-corrected chi connectivity index (χ3v) is 4.20. The molecule has 4 atom stereocenters. The van der Waals surface area contributed by atoms with Gasteiger partial charge in [0.05, 0.1) is 18.2 Å². The molecule has 0 spiro atoms. The minimum absolute atomic E-state index is 0.0594. The van der Waals surface area contributed by atoms with Crippen LogP contribution in [0.2, 0.25) is 0 Å². The maximum Gasteiger partial charge on any atom is 0.239 e. The average Bonchev–Trinajstić information content (AvgIpc) is 2.43. The van der Waals surface area contributed by atoms with Crippen molar-refractivity contribution >= 4 is 11.7 Å². The van der Waals surface area contributed by atoms with E-state index in [1.54, 1.807) is 26.0 Å². The summed E-state index contributed by atoms with van der Waals surface area (Å²) in [6.07, 6.45) is 0.905. The van der Waals surface area contributed by atoms with E-state index >= 15 is 0 Å². The van der Waals surface area contributed by atoms with Crippen LogP contribution in [0, 0.1) is 11.8 Å². The van der Waals surface area contributed by atoms with Gasteiger partial charge >= 0.3 is 0 Å². The first-order chi connectivity index (χ1) is 9.67. The number of ether oxygens (including phenoxy) is 1. The Balaban J connectivity index is 5.30. The first-order valence-electron chi connectivity index (χ1n) is 7.71. The normalized spacial score (nSPS) is 17.2. The van der Waals surface area contributed by atoms with Gasteiger partial charge < -0.3 is 15.4 Å². The van der Waals surface area contributed by atoms with Crippen molar-refractivity contribution in [2.24, 2.45) is 17.6 Å². The van der Waals surface area contributed by atoms with Crippen LogP contribution in [0.15, 0.2) is 0 Å². The van der Waals surface area contributed by atoms with Crippen LogP contribution < -0.4 is 5.73 Å². The van der Waals surface area contributed by atoms with Gasteiger partial charge in [0.25, 0.3) is 0 Å². The number of ketones is 1. The van der Waals surface area contributed by atoms with Crippen LogP contribution >= 0.6 is 0 Å². The van der Waals surface area contributed by atoms with Gasteiger partial charge in [0, 0.05) is 20.6 Å². The average molecular weight is 300 g/mol. The van der Waals surface area contributed by atoms with Gasteiger partial charge in [-0.05, 0) is 18.8 Å². The van der Waals surface area contributed by atoms with Crippen molar-refractivity contribution < 1.29 is 14.3 Å². The summed E-state index contributed by atoms with van der Waals surface area (Å²) in [6.45, 7) is 9.54. The summed E-state index contributed by atoms with van der Waals surface area (Å²) in [7, 11) is 3.34. The van der Waals surface area contributed by atoms with Gasteiger partial charge in [0.2, 0.25) is 5.91 Å². The van der Waals surface area contributed by atoms with E-state index < -0.39 is 6.04 Å². The molecule has 0 aliphatic rings. The summed E-state index contributed by atoms with van der Waals surface area (Å²) in [4.78, 5) is 25.6. The zero-order valence-corrected chi connectivity index (χ0v) is 14.6. The van der Waals surface area contributed by atoms with E-state index in [-0.39, 0.29) is 35.7 Å². The third kappa shape index (κ3) is 5.75. The molecule has 0 heterocycles. The molecule has 0 rings (SSSR count). The number of rotatable bonds is 9. The number of amides is 1. The molecule has 0 aromatic rings. The second-order valence-electron chi connectivity index (χ2n) is 6.28. The Morgan fingerprint density at radius 2 is 1.76 bits per heavy atom. The maximum atomic E-state index is 12.5. The first-order valence-corrected chi connectivity index (χ1v) is 7.71. The second-order valence-corrected chi connectivity index (χ2v) is 6.28. The molecular formula is C16H32N2O3. The highest BCUT2D eigenvalue weighted by atomic mass is 16.5. The monoisotopic (exact) mass is 300 g/mol. The summed E-state index contributed by atoms with van der Waals surface area (Å²) in [5, 5.41) is 0. The Bertz CT molecular complexity index is 344. The van der Waals surface area contributed by atoms with Crippen LogP contribution in [0.3, 0.4) is 0 Å². The lowest BCUT2D eigenvalue weighted by Crippen LogP contribution is -2.55. The maximum absolute atomic E-state index is 12.5. The smallest absolute Gasteiger partial charge is 0.239 e. The van der Waals surface area contributed by atoms with E-state index in [1.807, 2.05) is 13.8 Å². The lowest BCUT2D eigenvalue weighted by molar-refractivity contribution is -0.140. The zero-order valence-electron chi connectivity index (χ0n) is 14.6. The summed E-state index contributed by atoms with van der Waals surface area (Å²) in [6, 6.07) is -0.683. The topological polar surface area (TPSA) is 72.6 Å². The molecule has 1 amide bonds. The Labute approximate surface area is 129 Å². The lowest BCUT2D eigenvalue weighted by atomic mass is 9.89. The van der Waals surface area contributed by atoms with Crippen LogP contribution in [-0.2, 0) is 14.3 Å². The predicted octanol–water partition coefficient (Wildman–Crippen LogP) is 1.84. The number of methoxy groups -OCH3 is 1. The Morgan fingerprint density at radius 1 is 1.24 bits per heavy atom. The van der Waals surface area contributed by atoms with Gasteiger partial charge in [-0.2, -0.15) is 0 Å². The lowest BCUT2D eigenvalue weighted by Gasteiger charge is -2.39. The van der Waals surface area contributed by atoms with Gasteiger partial charge in [0.15, 0.2) is 0 Å². The van der Waals surface area contributed by atoms with Crippen molar-refractivity contribution in [3.8, 4) is 0 Å². The van der Waals surface area contributed by atoms with Crippen molar-refractivity contribution in [3.05, 3.63) is 0 Å². The number of hydrogen-bond donors (Lipinski definition) is 1. The molecule has 0 fully saturated rings. The summed E-state index contributed by atoms with van der Waals surface area (Å²) >= 11 is 0. The minimum atomic E-state index is -0.531. The largest absolute Gasteiger partial charge is 0.379 e. The van der Waals surface area contributed by atoms with Crippen LogP contribution in [0.4, 0.5) is 0 Å². The fourth-order valence-corrected chi connectivity index (χ4v) is 2.53. The SMILES string of the molecule is CC[C@H](C)[C@@H]([C@@H](CC(C)=O)OC)N(C)C(=O)[C@@H](N)C(C)C. The van der Waals surface area contributed by atoms with Crippen molar-refractivity contribution in [1.82, 2.24) is 4.90 Å². The highest BCUT2D eigenvalue weighted by Gasteiger charge is 2.35. The van der Waals surface area contributed by atoms with Gasteiger partial charge in [0.1, 0.15) is 5.78 Å². The number of carbonyl (C=O) groups excluding carboxylic acids is 2. The van der Waals surface area contributed by atoms with E-state index in [2.05, 4.69) is 13.8 Å². The van der Waals surface area contributed by atoms with E-state index in [4.69, 9.17) is 10.5 Å². The second kappa shape index (κ2) is 9.15. The summed E-state index contributed by atoms with van der Waals surface area (Å²) < 4.78 is 5.50. The molecule has 0 bridgehead atoms. The summed E-state index contributed by atoms with van der Waals surface area (Å²) in [5.74, 6) is 0.263. The van der Waals surface area contributed by atoms with Crippen molar-refractivity contribution in [2.75, 3.05) is 14.2 Å². The summed E-state index contributed by atoms with van der Waals surface area (Å²) in [5.41, 5.74) is 5.98. The third-order valence-electron chi connectivity index (χ3n) is 4.20. The van der Waals surface area contributed by atoms with E-state index in [9.17, 15) is 9.59 Å². The fraction of sp³-hybridized carbons (Fsp3) is 0.875. The van der Waals surface area contributed by atoms with Crippen molar-refractivity contribution in [3.63, 3.8) is 0 Å². The molecule has 0 radical (unpaired) electrons. The van der Waals surface area contributed by atoms with Crippen LogP contribution in [0.1, 0.15) is 47.5 Å². The molecular weight excluding hydrogens is 268 g/mol. The molecule has 0 aliphatic heterocycles. The van der Waals surface area contributed by atoms with E-state index in [0.29, 0.717) is 6.42 Å². The van der Waals surface area contributed by atoms with Gasteiger partial charge in [-0.25, -0.2) is 0 Å². The van der Waals surface area contributed by atoms with E-state index in [1.165, 1.54) is 0 Å². The molecule has 5 heteroatoms. The molecule has 5 nitrogen and oxygen atoms in total. The van der Waals surface area contributed by atoms with Crippen LogP contribution in [-0.4, -0.2) is 48.9 Å². The highest BCUT2D eigenvalue weighted by Crippen LogP contribution is 2.22. The van der Waals surface area contributed by atoms with Crippen molar-refractivity contribution in [2.45, 2.75) is 65.6 Å². The number of carbonyl (C=O) groups is 2. The minimum Gasteiger partial charge on any atom is -0.379 e. The molecule has 0 aromatic heterocycles. The molecule has 0 saturated heterocycles. The molecule has 0 aromatic carbocycles. The predicted molar refractivity (Wildman–Crippen MR) is 84.9 cm³/mol. The Morgan fingerprint density at radius 3 is 2.10 bits per heavy atom. The van der Waals surface area contributed by atoms with Crippen LogP contribution in [0.25, 0.3) is 0 Å². The van der Waals surface area contributed by atoms with Gasteiger partial charge in [-0.3, -0.25) is 9.59 Å². The Hall–Kier alpha value is -0.940. The number of nitrogens with zero attached hydrogens (tertiary/aromatic N) is 1. The molecule has 124 valence electrons. The Kier molecular flexibility index (Phi) is 8.74. The van der Waals surface area contributed by atoms with Crippen molar-refractivity contribution in [1.29, 1.82) is 0 Å². The molecule has 2 N–H and O–H groups in total.